The molecule has 5 aromatic rings. The predicted molar refractivity (Wildman–Crippen MR) is 163 cm³/mol. The van der Waals surface area contributed by atoms with Crippen LogP contribution in [0.4, 0.5) is 8.78 Å². The van der Waals surface area contributed by atoms with Gasteiger partial charge in [0, 0.05) is 25.5 Å². The Morgan fingerprint density at radius 2 is 1.87 bits per heavy atom. The first-order valence-electron chi connectivity index (χ1n) is 15.1. The minimum atomic E-state index is -0.701. The first kappa shape index (κ1) is 29.6. The molecule has 0 bridgehead atoms. The van der Waals surface area contributed by atoms with Crippen molar-refractivity contribution in [2.75, 3.05) is 20.3 Å². The molecule has 0 N–H and O–H groups in total. The van der Waals surface area contributed by atoms with Crippen molar-refractivity contribution in [3.8, 4) is 28.8 Å². The van der Waals surface area contributed by atoms with Crippen molar-refractivity contribution in [1.82, 2.24) is 19.3 Å². The zero-order valence-electron chi connectivity index (χ0n) is 25.0. The van der Waals surface area contributed by atoms with Gasteiger partial charge in [0.1, 0.15) is 23.8 Å². The number of Topliss-reactive ketones (excluding diaryl/α,β-unsaturated/α-hetero) is 1. The van der Waals surface area contributed by atoms with E-state index in [2.05, 4.69) is 9.97 Å². The number of rotatable bonds is 9. The van der Waals surface area contributed by atoms with Crippen LogP contribution in [0, 0.1) is 11.6 Å². The van der Waals surface area contributed by atoms with Crippen LogP contribution in [0.5, 0.6) is 23.1 Å². The maximum atomic E-state index is 15.4. The number of ether oxygens (including phenoxy) is 4. The van der Waals surface area contributed by atoms with E-state index in [1.807, 2.05) is 0 Å². The minimum Gasteiger partial charge on any atom is -0.493 e. The van der Waals surface area contributed by atoms with E-state index in [1.54, 1.807) is 22.9 Å². The number of methoxy groups -OCH3 is 1. The highest BCUT2D eigenvalue weighted by Crippen LogP contribution is 2.37. The number of aromatic nitrogens is 4. The van der Waals surface area contributed by atoms with Crippen molar-refractivity contribution in [2.45, 2.75) is 44.8 Å². The van der Waals surface area contributed by atoms with Gasteiger partial charge in [0.2, 0.25) is 5.88 Å². The number of hydrogen-bond acceptors (Lipinski definition) is 8. The lowest BCUT2D eigenvalue weighted by atomic mass is 9.99. The number of nitrogens with zero attached hydrogens (tertiary/aromatic N) is 4. The SMILES string of the molecule is COc1cc2c(Oc3ccc(CC(=O)c4c5n(n(-c6ccc(F)cc6)c4=O)CCCC5)cc3F)ncnc2cc1O[C@@H]1CCOC1. The molecule has 10 nitrogen and oxygen atoms in total. The van der Waals surface area contributed by atoms with Gasteiger partial charge in [-0.25, -0.2) is 23.4 Å². The van der Waals surface area contributed by atoms with Crippen LogP contribution in [0.3, 0.4) is 0 Å². The van der Waals surface area contributed by atoms with Gasteiger partial charge < -0.3 is 18.9 Å². The van der Waals surface area contributed by atoms with E-state index in [-0.39, 0.29) is 29.7 Å². The third-order valence-corrected chi connectivity index (χ3v) is 8.26. The molecular formula is C34H30F2N4O6. The molecule has 12 heteroatoms. The number of benzene rings is 3. The molecule has 0 unspecified atom stereocenters. The third-order valence-electron chi connectivity index (χ3n) is 8.26. The Bertz CT molecular complexity index is 2000. The van der Waals surface area contributed by atoms with E-state index in [1.165, 1.54) is 54.5 Å². The second-order valence-electron chi connectivity index (χ2n) is 11.3. The smallest absolute Gasteiger partial charge is 0.282 e. The summed E-state index contributed by atoms with van der Waals surface area (Å²) in [7, 11) is 1.52. The third kappa shape index (κ3) is 5.60. The van der Waals surface area contributed by atoms with Crippen LogP contribution in [-0.2, 0) is 24.1 Å². The summed E-state index contributed by atoms with van der Waals surface area (Å²) in [5.74, 6) is -0.575. The molecule has 1 fully saturated rings. The lowest BCUT2D eigenvalue weighted by Gasteiger charge is -2.19. The second-order valence-corrected chi connectivity index (χ2v) is 11.3. The van der Waals surface area contributed by atoms with E-state index in [0.29, 0.717) is 65.5 Å². The molecule has 0 spiro atoms. The Labute approximate surface area is 262 Å². The fourth-order valence-corrected chi connectivity index (χ4v) is 6.02. The number of carbonyl (C=O) groups is 1. The fraction of sp³-hybridized carbons (Fsp3) is 0.294. The van der Waals surface area contributed by atoms with E-state index in [0.717, 1.165) is 19.3 Å². The minimum absolute atomic E-state index is 0.0787. The molecule has 0 aliphatic carbocycles. The van der Waals surface area contributed by atoms with Gasteiger partial charge in [-0.3, -0.25) is 14.3 Å². The molecule has 0 amide bonds. The summed E-state index contributed by atoms with van der Waals surface area (Å²) < 4.78 is 55.1. The summed E-state index contributed by atoms with van der Waals surface area (Å²) >= 11 is 0. The van der Waals surface area contributed by atoms with Crippen molar-refractivity contribution in [2.24, 2.45) is 0 Å². The fourth-order valence-electron chi connectivity index (χ4n) is 6.02. The van der Waals surface area contributed by atoms with Gasteiger partial charge in [-0.2, -0.15) is 0 Å². The molecule has 3 aromatic carbocycles. The van der Waals surface area contributed by atoms with Crippen molar-refractivity contribution >= 4 is 16.7 Å². The van der Waals surface area contributed by atoms with Crippen LogP contribution >= 0.6 is 0 Å². The predicted octanol–water partition coefficient (Wildman–Crippen LogP) is 5.59. The largest absolute Gasteiger partial charge is 0.493 e. The monoisotopic (exact) mass is 628 g/mol. The van der Waals surface area contributed by atoms with Crippen LogP contribution in [-0.4, -0.2) is 51.5 Å². The highest BCUT2D eigenvalue weighted by Gasteiger charge is 2.28. The number of hydrogen-bond donors (Lipinski definition) is 0. The van der Waals surface area contributed by atoms with Gasteiger partial charge in [-0.1, -0.05) is 6.07 Å². The van der Waals surface area contributed by atoms with E-state index in [4.69, 9.17) is 18.9 Å². The normalized spacial score (nSPS) is 15.9. The first-order chi connectivity index (χ1) is 22.4. The highest BCUT2D eigenvalue weighted by molar-refractivity contribution is 5.98. The molecule has 0 radical (unpaired) electrons. The molecule has 46 heavy (non-hydrogen) atoms. The lowest BCUT2D eigenvalue weighted by Crippen LogP contribution is -2.24. The molecular weight excluding hydrogens is 598 g/mol. The van der Waals surface area contributed by atoms with Gasteiger partial charge in [0.15, 0.2) is 28.8 Å². The van der Waals surface area contributed by atoms with Crippen LogP contribution in [0.25, 0.3) is 16.6 Å². The highest BCUT2D eigenvalue weighted by atomic mass is 19.1. The Morgan fingerprint density at radius 1 is 1.02 bits per heavy atom. The Hall–Kier alpha value is -5.10. The molecule has 7 rings (SSSR count). The van der Waals surface area contributed by atoms with Crippen LogP contribution in [0.15, 0.2) is 65.7 Å². The Kier molecular flexibility index (Phi) is 7.95. The van der Waals surface area contributed by atoms with Gasteiger partial charge >= 0.3 is 0 Å². The number of halogens is 2. The van der Waals surface area contributed by atoms with Crippen LogP contribution in [0.1, 0.15) is 40.9 Å². The van der Waals surface area contributed by atoms with Crippen LogP contribution < -0.4 is 19.8 Å². The zero-order chi connectivity index (χ0) is 31.8. The van der Waals surface area contributed by atoms with E-state index >= 15 is 4.39 Å². The second kappa shape index (κ2) is 12.4. The van der Waals surface area contributed by atoms with Gasteiger partial charge in [-0.15, -0.1) is 0 Å². The maximum Gasteiger partial charge on any atom is 0.282 e. The standard InChI is InChI=1S/C34H30F2N4O6/c1-43-30-16-24-26(17-31(30)45-23-11-13-44-18-23)37-19-38-33(24)46-29-10-5-20(14-25(29)36)15-28(41)32-27-4-2-3-12-39(27)40(34(32)42)22-8-6-21(35)7-9-22/h5-10,14,16-17,19,23H,2-4,11-13,15,18H2,1H3/t23-/m1/s1. The molecule has 1 atom stereocenters. The molecule has 2 aliphatic heterocycles. The average molecular weight is 629 g/mol. The summed E-state index contributed by atoms with van der Waals surface area (Å²) in [5, 5.41) is 0.490. The van der Waals surface area contributed by atoms with Gasteiger partial charge in [0.05, 0.1) is 42.6 Å². The Morgan fingerprint density at radius 3 is 2.63 bits per heavy atom. The molecule has 4 heterocycles. The summed E-state index contributed by atoms with van der Waals surface area (Å²) in [6.07, 6.45) is 4.05. The van der Waals surface area contributed by atoms with Crippen LogP contribution in [0.2, 0.25) is 0 Å². The Balaban J connectivity index is 1.14. The molecule has 0 saturated carbocycles. The van der Waals surface area contributed by atoms with Crippen molar-refractivity contribution in [3.63, 3.8) is 0 Å². The summed E-state index contributed by atoms with van der Waals surface area (Å²) in [6, 6.07) is 13.2. The van der Waals surface area contributed by atoms with Crippen molar-refractivity contribution in [1.29, 1.82) is 0 Å². The first-order valence-corrected chi connectivity index (χ1v) is 15.1. The summed E-state index contributed by atoms with van der Waals surface area (Å²) in [5.41, 5.74) is 1.63. The topological polar surface area (TPSA) is 107 Å². The number of fused-ring (bicyclic) bond motifs is 2. The number of carbonyl (C=O) groups excluding carboxylic acids is 1. The molecule has 1 saturated heterocycles. The lowest BCUT2D eigenvalue weighted by molar-refractivity contribution is 0.0990. The zero-order valence-corrected chi connectivity index (χ0v) is 25.0. The van der Waals surface area contributed by atoms with Gasteiger partial charge in [0.25, 0.3) is 5.56 Å². The van der Waals surface area contributed by atoms with Crippen molar-refractivity contribution < 1.29 is 32.5 Å². The average Bonchev–Trinajstić information content (AvgIpc) is 3.67. The quantitative estimate of drug-likeness (QED) is 0.195. The molecule has 2 aliphatic rings. The van der Waals surface area contributed by atoms with Crippen molar-refractivity contribution in [3.05, 3.63) is 99.7 Å². The molecule has 2 aromatic heterocycles. The number of ketones is 1. The molecule has 236 valence electrons. The summed E-state index contributed by atoms with van der Waals surface area (Å²) in [4.78, 5) is 35.6. The van der Waals surface area contributed by atoms with E-state index in [9.17, 15) is 14.0 Å². The summed E-state index contributed by atoms with van der Waals surface area (Å²) in [6.45, 7) is 1.68. The van der Waals surface area contributed by atoms with Gasteiger partial charge in [-0.05, 0) is 67.3 Å². The maximum absolute atomic E-state index is 15.4. The van der Waals surface area contributed by atoms with E-state index < -0.39 is 23.0 Å².